The number of aryl methyl sites for hydroxylation is 1. The Morgan fingerprint density at radius 1 is 1.24 bits per heavy atom. The van der Waals surface area contributed by atoms with E-state index in [1.807, 2.05) is 22.9 Å². The number of para-hydroxylation sites is 1. The van der Waals surface area contributed by atoms with E-state index >= 15 is 0 Å². The van der Waals surface area contributed by atoms with Crippen LogP contribution in [-0.4, -0.2) is 33.2 Å². The summed E-state index contributed by atoms with van der Waals surface area (Å²) in [5, 5.41) is 3.71. The van der Waals surface area contributed by atoms with Crippen LogP contribution in [0.4, 0.5) is 11.4 Å². The highest BCUT2D eigenvalue weighted by Crippen LogP contribution is 2.31. The van der Waals surface area contributed by atoms with Crippen LogP contribution in [0, 0.1) is 0 Å². The number of nitrogens with one attached hydrogen (secondary N) is 1. The largest absolute Gasteiger partial charge is 0.380 e. The molecule has 0 radical (unpaired) electrons. The van der Waals surface area contributed by atoms with Crippen molar-refractivity contribution in [2.45, 2.75) is 25.4 Å². The SMILES string of the molecule is Cn1c(=O)n2c3c(ccnc31)N1CCCC(C1)Nc1ccccc1C2. The van der Waals surface area contributed by atoms with Crippen molar-refractivity contribution in [2.75, 3.05) is 23.3 Å². The van der Waals surface area contributed by atoms with Gasteiger partial charge in [0.15, 0.2) is 5.65 Å². The first-order valence-electron chi connectivity index (χ1n) is 8.86. The van der Waals surface area contributed by atoms with Gasteiger partial charge in [-0.05, 0) is 30.5 Å². The van der Waals surface area contributed by atoms with Gasteiger partial charge < -0.3 is 10.2 Å². The van der Waals surface area contributed by atoms with Crippen LogP contribution in [0.15, 0.2) is 41.3 Å². The van der Waals surface area contributed by atoms with Gasteiger partial charge in [0.25, 0.3) is 0 Å². The van der Waals surface area contributed by atoms with Crippen molar-refractivity contribution in [3.63, 3.8) is 0 Å². The van der Waals surface area contributed by atoms with E-state index in [-0.39, 0.29) is 5.69 Å². The third-order valence-corrected chi connectivity index (χ3v) is 5.46. The molecule has 128 valence electrons. The van der Waals surface area contributed by atoms with E-state index in [2.05, 4.69) is 33.4 Å². The van der Waals surface area contributed by atoms with Crippen LogP contribution < -0.4 is 15.9 Å². The molecular formula is C19H21N5O. The Kier molecular flexibility index (Phi) is 3.13. The lowest BCUT2D eigenvalue weighted by Gasteiger charge is -2.36. The summed E-state index contributed by atoms with van der Waals surface area (Å²) in [6.07, 6.45) is 4.12. The number of anilines is 2. The van der Waals surface area contributed by atoms with Crippen LogP contribution in [0.1, 0.15) is 18.4 Å². The molecule has 1 aromatic carbocycles. The average molecular weight is 335 g/mol. The lowest BCUT2D eigenvalue weighted by molar-refractivity contribution is 0.528. The zero-order valence-corrected chi connectivity index (χ0v) is 14.3. The fourth-order valence-electron chi connectivity index (χ4n) is 4.21. The van der Waals surface area contributed by atoms with Crippen LogP contribution in [0.2, 0.25) is 0 Å². The van der Waals surface area contributed by atoms with Crippen LogP contribution in [-0.2, 0) is 13.6 Å². The van der Waals surface area contributed by atoms with E-state index in [0.29, 0.717) is 12.6 Å². The molecule has 2 aliphatic heterocycles. The number of hydrogen-bond donors (Lipinski definition) is 1. The molecule has 6 nitrogen and oxygen atoms in total. The number of imidazole rings is 1. The first-order valence-corrected chi connectivity index (χ1v) is 8.86. The van der Waals surface area contributed by atoms with Crippen molar-refractivity contribution in [2.24, 2.45) is 7.05 Å². The van der Waals surface area contributed by atoms with Gasteiger partial charge in [0.1, 0.15) is 5.52 Å². The number of pyridine rings is 1. The molecule has 1 atom stereocenters. The van der Waals surface area contributed by atoms with E-state index in [1.165, 1.54) is 6.42 Å². The van der Waals surface area contributed by atoms with Gasteiger partial charge >= 0.3 is 5.69 Å². The Morgan fingerprint density at radius 3 is 3.04 bits per heavy atom. The standard InChI is InChI=1S/C19H21N5O/c1-22-18-17-16(8-9-20-18)23-10-4-6-14(12-23)21-15-7-3-2-5-13(15)11-24(17)19(22)25/h2-3,5,7-9,14,21H,4,6,10-12H2,1H3. The molecule has 1 saturated heterocycles. The van der Waals surface area contributed by atoms with E-state index in [1.54, 1.807) is 11.6 Å². The van der Waals surface area contributed by atoms with Crippen molar-refractivity contribution in [1.82, 2.24) is 14.1 Å². The quantitative estimate of drug-likeness (QED) is 0.684. The number of rotatable bonds is 0. The Labute approximate surface area is 145 Å². The summed E-state index contributed by atoms with van der Waals surface area (Å²) >= 11 is 0. The van der Waals surface area contributed by atoms with Crippen molar-refractivity contribution in [3.05, 3.63) is 52.6 Å². The molecule has 3 aromatic rings. The van der Waals surface area contributed by atoms with E-state index in [9.17, 15) is 4.79 Å². The van der Waals surface area contributed by atoms with Gasteiger partial charge in [0.2, 0.25) is 0 Å². The number of piperidine rings is 1. The maximum Gasteiger partial charge on any atom is 0.330 e. The predicted octanol–water partition coefficient (Wildman–Crippen LogP) is 2.18. The summed E-state index contributed by atoms with van der Waals surface area (Å²) in [5.74, 6) is 0. The normalized spacial score (nSPS) is 19.4. The minimum Gasteiger partial charge on any atom is -0.380 e. The zero-order valence-electron chi connectivity index (χ0n) is 14.3. The number of aromatic nitrogens is 3. The smallest absolute Gasteiger partial charge is 0.330 e. The van der Waals surface area contributed by atoms with Gasteiger partial charge in [0.05, 0.1) is 12.2 Å². The van der Waals surface area contributed by atoms with Crippen molar-refractivity contribution < 1.29 is 0 Å². The molecule has 0 aliphatic carbocycles. The highest BCUT2D eigenvalue weighted by atomic mass is 16.1. The first-order chi connectivity index (χ1) is 12.2. The monoisotopic (exact) mass is 335 g/mol. The summed E-state index contributed by atoms with van der Waals surface area (Å²) in [6.45, 7) is 2.51. The van der Waals surface area contributed by atoms with Crippen LogP contribution in [0.3, 0.4) is 0 Å². The Balaban J connectivity index is 1.83. The van der Waals surface area contributed by atoms with Crippen molar-refractivity contribution >= 4 is 22.5 Å². The van der Waals surface area contributed by atoms with Gasteiger partial charge in [-0.15, -0.1) is 0 Å². The highest BCUT2D eigenvalue weighted by molar-refractivity contribution is 5.87. The zero-order chi connectivity index (χ0) is 17.0. The van der Waals surface area contributed by atoms with E-state index in [0.717, 1.165) is 47.6 Å². The number of benzene rings is 1. The molecule has 0 saturated carbocycles. The summed E-state index contributed by atoms with van der Waals surface area (Å²) in [4.78, 5) is 19.8. The molecule has 0 amide bonds. The molecule has 1 fully saturated rings. The molecule has 2 bridgehead atoms. The second kappa shape index (κ2) is 5.37. The molecule has 2 aromatic heterocycles. The van der Waals surface area contributed by atoms with Gasteiger partial charge in [-0.25, -0.2) is 9.78 Å². The molecule has 1 unspecified atom stereocenters. The molecule has 25 heavy (non-hydrogen) atoms. The fraction of sp³-hybridized carbons (Fsp3) is 0.368. The van der Waals surface area contributed by atoms with Crippen LogP contribution in [0.25, 0.3) is 11.2 Å². The topological polar surface area (TPSA) is 55.1 Å². The molecular weight excluding hydrogens is 314 g/mol. The number of nitrogens with zero attached hydrogens (tertiary/aromatic N) is 4. The van der Waals surface area contributed by atoms with Crippen LogP contribution >= 0.6 is 0 Å². The summed E-state index contributed by atoms with van der Waals surface area (Å²) in [5.41, 5.74) is 5.09. The molecule has 2 aliphatic rings. The average Bonchev–Trinajstić information content (AvgIpc) is 2.88. The van der Waals surface area contributed by atoms with Gasteiger partial charge in [-0.3, -0.25) is 9.13 Å². The minimum atomic E-state index is -0.0149. The lowest BCUT2D eigenvalue weighted by Crippen LogP contribution is -2.43. The summed E-state index contributed by atoms with van der Waals surface area (Å²) < 4.78 is 3.53. The van der Waals surface area contributed by atoms with Crippen molar-refractivity contribution in [3.8, 4) is 0 Å². The van der Waals surface area contributed by atoms with Crippen molar-refractivity contribution in [1.29, 1.82) is 0 Å². The maximum absolute atomic E-state index is 12.9. The van der Waals surface area contributed by atoms with Gasteiger partial charge in [0, 0.05) is 38.1 Å². The molecule has 5 rings (SSSR count). The Bertz CT molecular complexity index is 1020. The van der Waals surface area contributed by atoms with Gasteiger partial charge in [-0.2, -0.15) is 0 Å². The molecule has 6 heteroatoms. The van der Waals surface area contributed by atoms with E-state index in [4.69, 9.17) is 0 Å². The molecule has 4 heterocycles. The van der Waals surface area contributed by atoms with Crippen LogP contribution in [0.5, 0.6) is 0 Å². The second-order valence-electron chi connectivity index (χ2n) is 7.02. The number of fused-ring (bicyclic) bond motifs is 4. The Hall–Kier alpha value is -2.76. The highest BCUT2D eigenvalue weighted by Gasteiger charge is 2.26. The Morgan fingerprint density at radius 2 is 2.12 bits per heavy atom. The maximum atomic E-state index is 12.9. The second-order valence-corrected chi connectivity index (χ2v) is 7.02. The third kappa shape index (κ3) is 2.17. The molecule has 0 spiro atoms. The molecule has 1 N–H and O–H groups in total. The first kappa shape index (κ1) is 14.6. The minimum absolute atomic E-state index is 0.0149. The number of hydrogen-bond acceptors (Lipinski definition) is 4. The third-order valence-electron chi connectivity index (χ3n) is 5.46. The lowest BCUT2D eigenvalue weighted by atomic mass is 10.0. The summed E-state index contributed by atoms with van der Waals surface area (Å²) in [7, 11) is 1.81. The van der Waals surface area contributed by atoms with E-state index < -0.39 is 0 Å². The predicted molar refractivity (Wildman–Crippen MR) is 99.4 cm³/mol. The fourth-order valence-corrected chi connectivity index (χ4v) is 4.21. The summed E-state index contributed by atoms with van der Waals surface area (Å²) in [6, 6.07) is 10.8. The van der Waals surface area contributed by atoms with Gasteiger partial charge in [-0.1, -0.05) is 18.2 Å².